The number of nitrogens with zero attached hydrogens (tertiary/aromatic N) is 1. The van der Waals surface area contributed by atoms with E-state index in [4.69, 9.17) is 0 Å². The van der Waals surface area contributed by atoms with Crippen LogP contribution in [0.25, 0.3) is 0 Å². The summed E-state index contributed by atoms with van der Waals surface area (Å²) in [7, 11) is 0. The summed E-state index contributed by atoms with van der Waals surface area (Å²) >= 11 is 0. The molecule has 86 valence electrons. The Labute approximate surface area is 97.8 Å². The molecule has 0 bridgehead atoms. The van der Waals surface area contributed by atoms with Gasteiger partial charge < -0.3 is 5.32 Å². The first kappa shape index (κ1) is 11.3. The molecule has 0 fully saturated rings. The zero-order chi connectivity index (χ0) is 11.1. The number of hydrogen-bond donors (Lipinski definition) is 1. The Morgan fingerprint density at radius 2 is 2.12 bits per heavy atom. The first-order valence-corrected chi connectivity index (χ1v) is 6.24. The van der Waals surface area contributed by atoms with E-state index in [9.17, 15) is 0 Å². The standard InChI is InChI=1S/C14H20N2/c1-2-6-13(5-1)8-11-15-12-9-14-7-3-4-10-16-14/h3-5,7,10,15H,1-2,6,8-9,11-12H2. The highest BCUT2D eigenvalue weighted by Gasteiger charge is 2.03. The van der Waals surface area contributed by atoms with E-state index >= 15 is 0 Å². The van der Waals surface area contributed by atoms with Crippen LogP contribution in [0.2, 0.25) is 0 Å². The average molecular weight is 216 g/mol. The van der Waals surface area contributed by atoms with Crippen LogP contribution in [0.4, 0.5) is 0 Å². The van der Waals surface area contributed by atoms with E-state index in [2.05, 4.69) is 22.4 Å². The lowest BCUT2D eigenvalue weighted by Crippen LogP contribution is -2.19. The summed E-state index contributed by atoms with van der Waals surface area (Å²) in [6.07, 6.45) is 10.5. The molecule has 0 unspecified atom stereocenters. The average Bonchev–Trinajstić information content (AvgIpc) is 2.83. The fraction of sp³-hybridized carbons (Fsp3) is 0.500. The predicted molar refractivity (Wildman–Crippen MR) is 67.4 cm³/mol. The first-order chi connectivity index (χ1) is 7.95. The second kappa shape index (κ2) is 6.44. The highest BCUT2D eigenvalue weighted by molar-refractivity contribution is 5.07. The molecule has 1 aliphatic rings. The van der Waals surface area contributed by atoms with Crippen LogP contribution in [0.1, 0.15) is 31.4 Å². The summed E-state index contributed by atoms with van der Waals surface area (Å²) in [5.74, 6) is 0. The molecule has 0 spiro atoms. The minimum Gasteiger partial charge on any atom is -0.316 e. The van der Waals surface area contributed by atoms with Crippen molar-refractivity contribution in [3.05, 3.63) is 41.7 Å². The summed E-state index contributed by atoms with van der Waals surface area (Å²) in [6, 6.07) is 6.09. The zero-order valence-electron chi connectivity index (χ0n) is 9.78. The minimum atomic E-state index is 1.03. The van der Waals surface area contributed by atoms with Gasteiger partial charge in [0.25, 0.3) is 0 Å². The zero-order valence-corrected chi connectivity index (χ0v) is 9.78. The van der Waals surface area contributed by atoms with Crippen molar-refractivity contribution in [1.29, 1.82) is 0 Å². The van der Waals surface area contributed by atoms with E-state index in [0.29, 0.717) is 0 Å². The van der Waals surface area contributed by atoms with Gasteiger partial charge in [0.15, 0.2) is 0 Å². The van der Waals surface area contributed by atoms with Gasteiger partial charge in [-0.05, 0) is 44.4 Å². The number of nitrogens with one attached hydrogen (secondary N) is 1. The van der Waals surface area contributed by atoms with Gasteiger partial charge in [-0.3, -0.25) is 4.98 Å². The maximum atomic E-state index is 4.30. The van der Waals surface area contributed by atoms with Crippen molar-refractivity contribution in [2.45, 2.75) is 32.1 Å². The van der Waals surface area contributed by atoms with E-state index in [1.807, 2.05) is 18.3 Å². The van der Waals surface area contributed by atoms with E-state index < -0.39 is 0 Å². The molecule has 0 radical (unpaired) electrons. The lowest BCUT2D eigenvalue weighted by Gasteiger charge is -2.05. The van der Waals surface area contributed by atoms with Crippen molar-refractivity contribution >= 4 is 0 Å². The van der Waals surface area contributed by atoms with Crippen molar-refractivity contribution in [1.82, 2.24) is 10.3 Å². The Hall–Kier alpha value is -1.15. The predicted octanol–water partition coefficient (Wildman–Crippen LogP) is 2.71. The third kappa shape index (κ3) is 3.78. The molecule has 1 aromatic rings. The molecule has 0 saturated heterocycles. The largest absolute Gasteiger partial charge is 0.316 e. The summed E-state index contributed by atoms with van der Waals surface area (Å²) < 4.78 is 0. The third-order valence-electron chi connectivity index (χ3n) is 3.04. The Morgan fingerprint density at radius 3 is 2.88 bits per heavy atom. The third-order valence-corrected chi connectivity index (χ3v) is 3.04. The lowest BCUT2D eigenvalue weighted by atomic mass is 10.1. The molecule has 0 aromatic carbocycles. The SMILES string of the molecule is C1=C(CCNCCc2ccccn2)CCC1. The first-order valence-electron chi connectivity index (χ1n) is 6.24. The molecule has 16 heavy (non-hydrogen) atoms. The normalized spacial score (nSPS) is 15.1. The van der Waals surface area contributed by atoms with E-state index in [1.165, 1.54) is 31.4 Å². The quantitative estimate of drug-likeness (QED) is 0.584. The summed E-state index contributed by atoms with van der Waals surface area (Å²) in [5, 5.41) is 3.48. The van der Waals surface area contributed by atoms with Crippen LogP contribution >= 0.6 is 0 Å². The van der Waals surface area contributed by atoms with Gasteiger partial charge in [0.1, 0.15) is 0 Å². The fourth-order valence-corrected chi connectivity index (χ4v) is 2.10. The van der Waals surface area contributed by atoms with Crippen molar-refractivity contribution in [3.8, 4) is 0 Å². The number of allylic oxidation sites excluding steroid dienone is 1. The van der Waals surface area contributed by atoms with Crippen LogP contribution in [-0.4, -0.2) is 18.1 Å². The van der Waals surface area contributed by atoms with Gasteiger partial charge in [0.2, 0.25) is 0 Å². The Bertz CT molecular complexity index is 330. The molecule has 1 aromatic heterocycles. The van der Waals surface area contributed by atoms with Gasteiger partial charge in [0, 0.05) is 24.9 Å². The van der Waals surface area contributed by atoms with E-state index in [0.717, 1.165) is 19.5 Å². The van der Waals surface area contributed by atoms with E-state index in [1.54, 1.807) is 5.57 Å². The highest BCUT2D eigenvalue weighted by atomic mass is 14.8. The molecule has 2 nitrogen and oxygen atoms in total. The monoisotopic (exact) mass is 216 g/mol. The summed E-state index contributed by atoms with van der Waals surface area (Å²) in [5.41, 5.74) is 2.82. The topological polar surface area (TPSA) is 24.9 Å². The van der Waals surface area contributed by atoms with Crippen LogP contribution < -0.4 is 5.32 Å². The van der Waals surface area contributed by atoms with Crippen LogP contribution in [0.15, 0.2) is 36.0 Å². The molecule has 1 N–H and O–H groups in total. The molecule has 0 saturated carbocycles. The van der Waals surface area contributed by atoms with Gasteiger partial charge in [-0.25, -0.2) is 0 Å². The maximum Gasteiger partial charge on any atom is 0.0416 e. The van der Waals surface area contributed by atoms with E-state index in [-0.39, 0.29) is 0 Å². The second-order valence-corrected chi connectivity index (χ2v) is 4.33. The Morgan fingerprint density at radius 1 is 1.19 bits per heavy atom. The van der Waals surface area contributed by atoms with Crippen LogP contribution in [0.3, 0.4) is 0 Å². The summed E-state index contributed by atoms with van der Waals surface area (Å²) in [6.45, 7) is 2.14. The lowest BCUT2D eigenvalue weighted by molar-refractivity contribution is 0.666. The Balaban J connectivity index is 1.55. The second-order valence-electron chi connectivity index (χ2n) is 4.33. The number of aromatic nitrogens is 1. The maximum absolute atomic E-state index is 4.30. The van der Waals surface area contributed by atoms with Gasteiger partial charge in [0.05, 0.1) is 0 Å². The van der Waals surface area contributed by atoms with Crippen molar-refractivity contribution in [3.63, 3.8) is 0 Å². The van der Waals surface area contributed by atoms with Gasteiger partial charge in [-0.1, -0.05) is 17.7 Å². The van der Waals surface area contributed by atoms with Crippen LogP contribution in [-0.2, 0) is 6.42 Å². The molecule has 0 atom stereocenters. The molecule has 0 aliphatic heterocycles. The highest BCUT2D eigenvalue weighted by Crippen LogP contribution is 2.19. The molecule has 0 amide bonds. The van der Waals surface area contributed by atoms with Crippen LogP contribution in [0.5, 0.6) is 0 Å². The summed E-state index contributed by atoms with van der Waals surface area (Å²) in [4.78, 5) is 4.30. The molecule has 2 rings (SSSR count). The van der Waals surface area contributed by atoms with Gasteiger partial charge in [-0.15, -0.1) is 0 Å². The number of pyridine rings is 1. The molecular formula is C14H20N2. The molecule has 2 heteroatoms. The minimum absolute atomic E-state index is 1.03. The number of hydrogen-bond acceptors (Lipinski definition) is 2. The van der Waals surface area contributed by atoms with Gasteiger partial charge >= 0.3 is 0 Å². The fourth-order valence-electron chi connectivity index (χ4n) is 2.10. The van der Waals surface area contributed by atoms with Crippen LogP contribution in [0, 0.1) is 0 Å². The Kier molecular flexibility index (Phi) is 4.56. The van der Waals surface area contributed by atoms with Crippen molar-refractivity contribution < 1.29 is 0 Å². The molecule has 1 heterocycles. The smallest absolute Gasteiger partial charge is 0.0416 e. The van der Waals surface area contributed by atoms with Gasteiger partial charge in [-0.2, -0.15) is 0 Å². The van der Waals surface area contributed by atoms with Crippen molar-refractivity contribution in [2.24, 2.45) is 0 Å². The molecular weight excluding hydrogens is 196 g/mol. The van der Waals surface area contributed by atoms with Crippen molar-refractivity contribution in [2.75, 3.05) is 13.1 Å². The number of rotatable bonds is 6. The molecule has 1 aliphatic carbocycles.